The number of carboxylic acids is 1. The molecule has 0 saturated heterocycles. The SMILES string of the molecule is Nc1ccc(OCCC(=O)O)c2ncccc12. The van der Waals surface area contributed by atoms with Crippen molar-refractivity contribution in [3.63, 3.8) is 0 Å². The number of nitrogens with two attached hydrogens (primary N) is 1. The lowest BCUT2D eigenvalue weighted by atomic mass is 10.2. The molecule has 0 aliphatic heterocycles. The predicted octanol–water partition coefficient (Wildman–Crippen LogP) is 1.67. The minimum absolute atomic E-state index is 0.0430. The summed E-state index contributed by atoms with van der Waals surface area (Å²) in [5.41, 5.74) is 7.09. The summed E-state index contributed by atoms with van der Waals surface area (Å²) >= 11 is 0. The standard InChI is InChI=1S/C12H12N2O3/c13-9-3-4-10(17-7-5-11(15)16)12-8(9)2-1-6-14-12/h1-4,6H,5,7,13H2,(H,15,16). The van der Waals surface area contributed by atoms with Gasteiger partial charge in [-0.3, -0.25) is 9.78 Å². The number of ether oxygens (including phenoxy) is 1. The first-order valence-corrected chi connectivity index (χ1v) is 5.16. The van der Waals surface area contributed by atoms with Gasteiger partial charge in [0.15, 0.2) is 0 Å². The number of hydrogen-bond acceptors (Lipinski definition) is 4. The fourth-order valence-corrected chi connectivity index (χ4v) is 1.53. The van der Waals surface area contributed by atoms with Crippen LogP contribution in [-0.4, -0.2) is 22.7 Å². The summed E-state index contributed by atoms with van der Waals surface area (Å²) in [6, 6.07) is 7.06. The van der Waals surface area contributed by atoms with Crippen LogP contribution >= 0.6 is 0 Å². The van der Waals surface area contributed by atoms with Crippen molar-refractivity contribution in [1.29, 1.82) is 0 Å². The van der Waals surface area contributed by atoms with Crippen LogP contribution in [0.2, 0.25) is 0 Å². The van der Waals surface area contributed by atoms with Gasteiger partial charge in [0.05, 0.1) is 13.0 Å². The Labute approximate surface area is 97.8 Å². The molecular weight excluding hydrogens is 220 g/mol. The highest BCUT2D eigenvalue weighted by molar-refractivity contribution is 5.94. The van der Waals surface area contributed by atoms with Crippen LogP contribution in [0.4, 0.5) is 5.69 Å². The van der Waals surface area contributed by atoms with Gasteiger partial charge in [0, 0.05) is 17.3 Å². The molecule has 3 N–H and O–H groups in total. The molecule has 0 fully saturated rings. The molecule has 1 heterocycles. The number of nitrogen functional groups attached to an aromatic ring is 1. The van der Waals surface area contributed by atoms with Crippen LogP contribution in [0.25, 0.3) is 10.9 Å². The Balaban J connectivity index is 2.28. The summed E-state index contributed by atoms with van der Waals surface area (Å²) in [6.45, 7) is 0.116. The highest BCUT2D eigenvalue weighted by Gasteiger charge is 2.06. The summed E-state index contributed by atoms with van der Waals surface area (Å²) < 4.78 is 5.39. The Morgan fingerprint density at radius 1 is 1.41 bits per heavy atom. The highest BCUT2D eigenvalue weighted by atomic mass is 16.5. The number of fused-ring (bicyclic) bond motifs is 1. The van der Waals surface area contributed by atoms with Crippen LogP contribution in [0.3, 0.4) is 0 Å². The van der Waals surface area contributed by atoms with Crippen LogP contribution in [0, 0.1) is 0 Å². The molecule has 17 heavy (non-hydrogen) atoms. The van der Waals surface area contributed by atoms with Gasteiger partial charge in [-0.05, 0) is 24.3 Å². The molecule has 1 aromatic heterocycles. The third kappa shape index (κ3) is 2.44. The minimum Gasteiger partial charge on any atom is -0.491 e. The number of benzene rings is 1. The first kappa shape index (κ1) is 11.2. The lowest BCUT2D eigenvalue weighted by molar-refractivity contribution is -0.137. The van der Waals surface area contributed by atoms with Gasteiger partial charge in [0.1, 0.15) is 11.3 Å². The average Bonchev–Trinajstić information content (AvgIpc) is 2.32. The number of carbonyl (C=O) groups is 1. The molecule has 88 valence electrons. The van der Waals surface area contributed by atoms with E-state index >= 15 is 0 Å². The maximum Gasteiger partial charge on any atom is 0.306 e. The van der Waals surface area contributed by atoms with Gasteiger partial charge >= 0.3 is 5.97 Å². The molecule has 0 spiro atoms. The van der Waals surface area contributed by atoms with Crippen LogP contribution in [0.5, 0.6) is 5.75 Å². The molecule has 0 amide bonds. The maximum atomic E-state index is 10.4. The van der Waals surface area contributed by atoms with Gasteiger partial charge in [-0.1, -0.05) is 0 Å². The number of carboxylic acid groups (broad SMARTS) is 1. The number of anilines is 1. The highest BCUT2D eigenvalue weighted by Crippen LogP contribution is 2.27. The Hall–Kier alpha value is -2.30. The van der Waals surface area contributed by atoms with Gasteiger partial charge in [0.2, 0.25) is 0 Å². The van der Waals surface area contributed by atoms with E-state index in [1.165, 1.54) is 0 Å². The molecule has 0 unspecified atom stereocenters. The van der Waals surface area contributed by atoms with Gasteiger partial charge in [-0.2, -0.15) is 0 Å². The first-order valence-electron chi connectivity index (χ1n) is 5.16. The number of hydrogen-bond donors (Lipinski definition) is 2. The Morgan fingerprint density at radius 3 is 3.00 bits per heavy atom. The van der Waals surface area contributed by atoms with Crippen molar-refractivity contribution in [3.05, 3.63) is 30.5 Å². The largest absolute Gasteiger partial charge is 0.491 e. The molecule has 0 radical (unpaired) electrons. The number of aromatic nitrogens is 1. The molecule has 0 saturated carbocycles. The first-order chi connectivity index (χ1) is 8.18. The Bertz CT molecular complexity index is 554. The fourth-order valence-electron chi connectivity index (χ4n) is 1.53. The monoisotopic (exact) mass is 232 g/mol. The molecule has 5 heteroatoms. The summed E-state index contributed by atoms with van der Waals surface area (Å²) in [6.07, 6.45) is 1.60. The van der Waals surface area contributed by atoms with Crippen LogP contribution < -0.4 is 10.5 Å². The van der Waals surface area contributed by atoms with E-state index in [2.05, 4.69) is 4.98 Å². The number of aliphatic carboxylic acids is 1. The molecule has 5 nitrogen and oxygen atoms in total. The quantitative estimate of drug-likeness (QED) is 0.783. The number of nitrogens with zero attached hydrogens (tertiary/aromatic N) is 1. The van der Waals surface area contributed by atoms with Crippen molar-refractivity contribution in [2.75, 3.05) is 12.3 Å². The minimum atomic E-state index is -0.891. The van der Waals surface area contributed by atoms with Crippen LogP contribution in [0.1, 0.15) is 6.42 Å². The van der Waals surface area contributed by atoms with E-state index in [-0.39, 0.29) is 13.0 Å². The van der Waals surface area contributed by atoms with Gasteiger partial charge in [-0.15, -0.1) is 0 Å². The van der Waals surface area contributed by atoms with Gasteiger partial charge < -0.3 is 15.6 Å². The maximum absolute atomic E-state index is 10.4. The molecule has 0 bridgehead atoms. The summed E-state index contributed by atoms with van der Waals surface area (Å²) in [5, 5.41) is 9.34. The molecule has 2 aromatic rings. The zero-order chi connectivity index (χ0) is 12.3. The number of pyridine rings is 1. The van der Waals surface area contributed by atoms with E-state index in [1.807, 2.05) is 6.07 Å². The fraction of sp³-hybridized carbons (Fsp3) is 0.167. The molecule has 2 rings (SSSR count). The topological polar surface area (TPSA) is 85.4 Å². The third-order valence-corrected chi connectivity index (χ3v) is 2.34. The second-order valence-electron chi connectivity index (χ2n) is 3.54. The van der Waals surface area contributed by atoms with Gasteiger partial charge in [0.25, 0.3) is 0 Å². The predicted molar refractivity (Wildman–Crippen MR) is 63.9 cm³/mol. The Morgan fingerprint density at radius 2 is 2.24 bits per heavy atom. The van der Waals surface area contributed by atoms with Crippen molar-refractivity contribution in [2.24, 2.45) is 0 Å². The summed E-state index contributed by atoms with van der Waals surface area (Å²) in [7, 11) is 0. The molecule has 0 aliphatic carbocycles. The van der Waals surface area contributed by atoms with Crippen molar-refractivity contribution >= 4 is 22.6 Å². The second-order valence-corrected chi connectivity index (χ2v) is 3.54. The van der Waals surface area contributed by atoms with Crippen LogP contribution in [0.15, 0.2) is 30.5 Å². The van der Waals surface area contributed by atoms with Crippen molar-refractivity contribution in [2.45, 2.75) is 6.42 Å². The van der Waals surface area contributed by atoms with E-state index in [0.29, 0.717) is 17.0 Å². The van der Waals surface area contributed by atoms with Gasteiger partial charge in [-0.25, -0.2) is 0 Å². The average molecular weight is 232 g/mol. The molecular formula is C12H12N2O3. The molecule has 0 aliphatic rings. The summed E-state index contributed by atoms with van der Waals surface area (Å²) in [4.78, 5) is 14.6. The van der Waals surface area contributed by atoms with E-state index in [1.54, 1.807) is 24.4 Å². The van der Waals surface area contributed by atoms with E-state index in [0.717, 1.165) is 5.39 Å². The van der Waals surface area contributed by atoms with E-state index < -0.39 is 5.97 Å². The zero-order valence-corrected chi connectivity index (χ0v) is 9.09. The third-order valence-electron chi connectivity index (χ3n) is 2.34. The molecule has 1 aromatic carbocycles. The van der Waals surface area contributed by atoms with Crippen molar-refractivity contribution < 1.29 is 14.6 Å². The van der Waals surface area contributed by atoms with E-state index in [9.17, 15) is 4.79 Å². The Kier molecular flexibility index (Phi) is 3.09. The zero-order valence-electron chi connectivity index (χ0n) is 9.09. The lowest BCUT2D eigenvalue weighted by Crippen LogP contribution is -2.05. The lowest BCUT2D eigenvalue weighted by Gasteiger charge is -2.08. The normalized spacial score (nSPS) is 10.4. The summed E-state index contributed by atoms with van der Waals surface area (Å²) in [5.74, 6) is -0.339. The smallest absolute Gasteiger partial charge is 0.306 e. The van der Waals surface area contributed by atoms with Crippen LogP contribution in [-0.2, 0) is 4.79 Å². The number of rotatable bonds is 4. The molecule has 0 atom stereocenters. The van der Waals surface area contributed by atoms with Crippen molar-refractivity contribution in [3.8, 4) is 5.75 Å². The van der Waals surface area contributed by atoms with Crippen molar-refractivity contribution in [1.82, 2.24) is 4.98 Å². The second kappa shape index (κ2) is 4.69. The van der Waals surface area contributed by atoms with E-state index in [4.69, 9.17) is 15.6 Å².